The van der Waals surface area contributed by atoms with E-state index in [9.17, 15) is 0 Å². The summed E-state index contributed by atoms with van der Waals surface area (Å²) >= 11 is 1.68. The summed E-state index contributed by atoms with van der Waals surface area (Å²) in [4.78, 5) is 0. The van der Waals surface area contributed by atoms with E-state index in [1.165, 1.54) is 5.56 Å². The van der Waals surface area contributed by atoms with Gasteiger partial charge < -0.3 is 10.5 Å². The van der Waals surface area contributed by atoms with E-state index in [0.717, 1.165) is 17.9 Å². The summed E-state index contributed by atoms with van der Waals surface area (Å²) < 4.78 is 7.02. The zero-order valence-corrected chi connectivity index (χ0v) is 10.2. The van der Waals surface area contributed by atoms with Crippen LogP contribution in [0.2, 0.25) is 0 Å². The molecule has 0 amide bonds. The number of nitrogens with zero attached hydrogens (tertiary/aromatic N) is 2. The molecule has 2 rings (SSSR count). The van der Waals surface area contributed by atoms with Gasteiger partial charge in [0.2, 0.25) is 0 Å². The molecule has 0 fully saturated rings. The van der Waals surface area contributed by atoms with Gasteiger partial charge >= 0.3 is 0 Å². The van der Waals surface area contributed by atoms with Crippen molar-refractivity contribution >= 4 is 11.3 Å². The van der Waals surface area contributed by atoms with Crippen molar-refractivity contribution in [2.24, 2.45) is 12.8 Å². The van der Waals surface area contributed by atoms with Crippen molar-refractivity contribution in [3.8, 4) is 5.75 Å². The van der Waals surface area contributed by atoms with Crippen LogP contribution < -0.4 is 10.5 Å². The summed E-state index contributed by atoms with van der Waals surface area (Å²) in [5, 5.41) is 8.32. The van der Waals surface area contributed by atoms with Crippen LogP contribution in [-0.4, -0.2) is 16.9 Å². The fraction of sp³-hybridized carbons (Fsp3) is 0.364. The molecule has 0 spiro atoms. The first-order chi connectivity index (χ1) is 7.72. The van der Waals surface area contributed by atoms with E-state index in [-0.39, 0.29) is 6.04 Å². The van der Waals surface area contributed by atoms with Gasteiger partial charge in [-0.2, -0.15) is 16.4 Å². The molecule has 2 aromatic rings. The molecule has 0 aromatic carbocycles. The van der Waals surface area contributed by atoms with Gasteiger partial charge in [0.05, 0.1) is 25.0 Å². The molecule has 0 saturated carbocycles. The van der Waals surface area contributed by atoms with Crippen molar-refractivity contribution in [3.63, 3.8) is 0 Å². The molecule has 2 N–H and O–H groups in total. The molecule has 1 unspecified atom stereocenters. The Kier molecular flexibility index (Phi) is 3.26. The van der Waals surface area contributed by atoms with Gasteiger partial charge in [0, 0.05) is 7.05 Å². The van der Waals surface area contributed by atoms with Gasteiger partial charge in [0.15, 0.2) is 5.75 Å². The monoisotopic (exact) mass is 237 g/mol. The lowest BCUT2D eigenvalue weighted by atomic mass is 10.1. The summed E-state index contributed by atoms with van der Waals surface area (Å²) in [7, 11) is 3.52. The maximum Gasteiger partial charge on any atom is 0.161 e. The summed E-state index contributed by atoms with van der Waals surface area (Å²) in [6.07, 6.45) is 2.50. The molecule has 0 aliphatic heterocycles. The van der Waals surface area contributed by atoms with Crippen LogP contribution in [0.3, 0.4) is 0 Å². The fourth-order valence-electron chi connectivity index (χ4n) is 1.77. The number of aryl methyl sites for hydroxylation is 1. The van der Waals surface area contributed by atoms with Gasteiger partial charge in [-0.05, 0) is 28.8 Å². The smallest absolute Gasteiger partial charge is 0.161 e. The van der Waals surface area contributed by atoms with Gasteiger partial charge in [-0.3, -0.25) is 4.68 Å². The second-order valence-corrected chi connectivity index (χ2v) is 4.44. The Labute approximate surface area is 98.6 Å². The number of aromatic nitrogens is 2. The molecule has 2 heterocycles. The topological polar surface area (TPSA) is 53.1 Å². The Morgan fingerprint density at radius 3 is 3.06 bits per heavy atom. The number of ether oxygens (including phenoxy) is 1. The Bertz CT molecular complexity index is 450. The third kappa shape index (κ3) is 2.10. The van der Waals surface area contributed by atoms with E-state index >= 15 is 0 Å². The molecule has 0 aliphatic carbocycles. The standard InChI is InChI=1S/C11H15N3OS/c1-14-11(10(15-2)6-13-14)9(12)5-8-3-4-16-7-8/h3-4,6-7,9H,5,12H2,1-2H3. The van der Waals surface area contributed by atoms with Gasteiger partial charge in [-0.25, -0.2) is 0 Å². The Hall–Kier alpha value is -1.33. The van der Waals surface area contributed by atoms with Crippen LogP contribution in [0, 0.1) is 0 Å². The highest BCUT2D eigenvalue weighted by Gasteiger charge is 2.17. The minimum Gasteiger partial charge on any atom is -0.493 e. The van der Waals surface area contributed by atoms with Crippen LogP contribution in [0.5, 0.6) is 5.75 Å². The van der Waals surface area contributed by atoms with Crippen molar-refractivity contribution < 1.29 is 4.74 Å². The van der Waals surface area contributed by atoms with Crippen LogP contribution in [0.25, 0.3) is 0 Å². The minimum absolute atomic E-state index is 0.0861. The first kappa shape index (κ1) is 11.2. The SMILES string of the molecule is COc1cnn(C)c1C(N)Cc1ccsc1. The minimum atomic E-state index is -0.0861. The molecular weight excluding hydrogens is 222 g/mol. The van der Waals surface area contributed by atoms with Gasteiger partial charge in [0.1, 0.15) is 0 Å². The van der Waals surface area contributed by atoms with Crippen LogP contribution in [-0.2, 0) is 13.5 Å². The molecule has 0 radical (unpaired) electrons. The average molecular weight is 237 g/mol. The molecule has 86 valence electrons. The van der Waals surface area contributed by atoms with Crippen LogP contribution in [0.15, 0.2) is 23.0 Å². The lowest BCUT2D eigenvalue weighted by Crippen LogP contribution is -2.17. The van der Waals surface area contributed by atoms with Crippen LogP contribution >= 0.6 is 11.3 Å². The zero-order valence-electron chi connectivity index (χ0n) is 9.38. The number of nitrogens with two attached hydrogens (primary N) is 1. The quantitative estimate of drug-likeness (QED) is 0.881. The van der Waals surface area contributed by atoms with E-state index in [0.29, 0.717) is 0 Å². The third-order valence-corrected chi connectivity index (χ3v) is 3.29. The number of hydrogen-bond donors (Lipinski definition) is 1. The Morgan fingerprint density at radius 2 is 2.44 bits per heavy atom. The van der Waals surface area contributed by atoms with Crippen molar-refractivity contribution in [3.05, 3.63) is 34.3 Å². The zero-order chi connectivity index (χ0) is 11.5. The highest BCUT2D eigenvalue weighted by Crippen LogP contribution is 2.25. The molecule has 16 heavy (non-hydrogen) atoms. The number of thiophene rings is 1. The lowest BCUT2D eigenvalue weighted by molar-refractivity contribution is 0.403. The molecular formula is C11H15N3OS. The van der Waals surface area contributed by atoms with Crippen molar-refractivity contribution in [2.75, 3.05) is 7.11 Å². The van der Waals surface area contributed by atoms with Crippen LogP contribution in [0.1, 0.15) is 17.3 Å². The Morgan fingerprint density at radius 1 is 1.62 bits per heavy atom. The highest BCUT2D eigenvalue weighted by molar-refractivity contribution is 7.07. The van der Waals surface area contributed by atoms with Crippen LogP contribution in [0.4, 0.5) is 0 Å². The van der Waals surface area contributed by atoms with E-state index < -0.39 is 0 Å². The maximum absolute atomic E-state index is 6.17. The second-order valence-electron chi connectivity index (χ2n) is 3.66. The Balaban J connectivity index is 2.20. The predicted octanol–water partition coefficient (Wildman–Crippen LogP) is 1.73. The molecule has 0 saturated heterocycles. The first-order valence-corrected chi connectivity index (χ1v) is 5.99. The second kappa shape index (κ2) is 4.67. The van der Waals surface area contributed by atoms with Crippen molar-refractivity contribution in [1.29, 1.82) is 0 Å². The summed E-state index contributed by atoms with van der Waals surface area (Å²) in [5.41, 5.74) is 8.36. The summed E-state index contributed by atoms with van der Waals surface area (Å²) in [5.74, 6) is 0.755. The van der Waals surface area contributed by atoms with E-state index in [1.54, 1.807) is 29.3 Å². The molecule has 0 bridgehead atoms. The number of rotatable bonds is 4. The number of hydrogen-bond acceptors (Lipinski definition) is 4. The molecule has 4 nitrogen and oxygen atoms in total. The van der Waals surface area contributed by atoms with Gasteiger partial charge in [-0.1, -0.05) is 0 Å². The molecule has 0 aliphatic rings. The molecule has 1 atom stereocenters. The normalized spacial score (nSPS) is 12.7. The van der Waals surface area contributed by atoms with Crippen molar-refractivity contribution in [2.45, 2.75) is 12.5 Å². The first-order valence-electron chi connectivity index (χ1n) is 5.05. The fourth-order valence-corrected chi connectivity index (χ4v) is 2.45. The van der Waals surface area contributed by atoms with E-state index in [1.807, 2.05) is 7.05 Å². The average Bonchev–Trinajstić information content (AvgIpc) is 2.87. The largest absolute Gasteiger partial charge is 0.493 e. The van der Waals surface area contributed by atoms with E-state index in [2.05, 4.69) is 21.9 Å². The lowest BCUT2D eigenvalue weighted by Gasteiger charge is -2.13. The van der Waals surface area contributed by atoms with Crippen molar-refractivity contribution in [1.82, 2.24) is 9.78 Å². The van der Waals surface area contributed by atoms with Gasteiger partial charge in [0.25, 0.3) is 0 Å². The molecule has 5 heteroatoms. The summed E-state index contributed by atoms with van der Waals surface area (Å²) in [6.45, 7) is 0. The predicted molar refractivity (Wildman–Crippen MR) is 64.7 cm³/mol. The number of methoxy groups -OCH3 is 1. The van der Waals surface area contributed by atoms with E-state index in [4.69, 9.17) is 10.5 Å². The third-order valence-electron chi connectivity index (χ3n) is 2.56. The molecule has 2 aromatic heterocycles. The maximum atomic E-state index is 6.17. The highest BCUT2D eigenvalue weighted by atomic mass is 32.1. The summed E-state index contributed by atoms with van der Waals surface area (Å²) in [6, 6.07) is 2.00. The van der Waals surface area contributed by atoms with Gasteiger partial charge in [-0.15, -0.1) is 0 Å².